The van der Waals surface area contributed by atoms with Crippen LogP contribution in [0.1, 0.15) is 18.1 Å². The highest BCUT2D eigenvalue weighted by atomic mass is 14.2. The lowest BCUT2D eigenvalue weighted by molar-refractivity contribution is 1.48. The number of nitrogens with zero attached hydrogens (tertiary/aromatic N) is 1. The van der Waals surface area contributed by atoms with E-state index in [4.69, 9.17) is 5.26 Å². The summed E-state index contributed by atoms with van der Waals surface area (Å²) in [6.45, 7) is 9.39. The average molecular weight is 219 g/mol. The second-order valence-corrected chi connectivity index (χ2v) is 3.59. The summed E-state index contributed by atoms with van der Waals surface area (Å²) >= 11 is 0. The van der Waals surface area contributed by atoms with Gasteiger partial charge in [-0.1, -0.05) is 42.7 Å². The van der Waals surface area contributed by atoms with Crippen molar-refractivity contribution in [3.63, 3.8) is 0 Å². The molecule has 0 aliphatic carbocycles. The van der Waals surface area contributed by atoms with Crippen LogP contribution < -0.4 is 0 Å². The first-order valence-corrected chi connectivity index (χ1v) is 5.17. The van der Waals surface area contributed by atoms with E-state index < -0.39 is 0 Å². The van der Waals surface area contributed by atoms with E-state index in [0.29, 0.717) is 5.56 Å². The van der Waals surface area contributed by atoms with Crippen LogP contribution >= 0.6 is 0 Å². The highest BCUT2D eigenvalue weighted by Gasteiger charge is 1.91. The van der Waals surface area contributed by atoms with Gasteiger partial charge in [-0.15, -0.1) is 0 Å². The molecule has 0 saturated heterocycles. The molecular weight excluding hydrogens is 206 g/mol. The number of hydrogen-bond donors (Lipinski definition) is 0. The van der Waals surface area contributed by atoms with Crippen molar-refractivity contribution in [2.75, 3.05) is 0 Å². The zero-order valence-electron chi connectivity index (χ0n) is 9.83. The smallest absolute Gasteiger partial charge is 0.0992 e. The molecule has 0 spiro atoms. The maximum absolute atomic E-state index is 8.77. The minimum Gasteiger partial charge on any atom is -0.192 e. The number of rotatable bonds is 2. The largest absolute Gasteiger partial charge is 0.192 e. The van der Waals surface area contributed by atoms with Crippen LogP contribution in [0.4, 0.5) is 0 Å². The normalized spacial score (nSPS) is 9.76. The van der Waals surface area contributed by atoms with Gasteiger partial charge in [0.05, 0.1) is 11.6 Å². The molecule has 0 aromatic heterocycles. The fourth-order valence-electron chi connectivity index (χ4n) is 1.22. The summed E-state index contributed by atoms with van der Waals surface area (Å²) in [5.74, 6) is 5.99. The van der Waals surface area contributed by atoms with Crippen LogP contribution in [0.25, 0.3) is 0 Å². The van der Waals surface area contributed by atoms with Crippen molar-refractivity contribution in [3.05, 3.63) is 71.8 Å². The van der Waals surface area contributed by atoms with Crippen LogP contribution in [0.5, 0.6) is 0 Å². The van der Waals surface area contributed by atoms with Gasteiger partial charge in [-0.25, -0.2) is 0 Å². The zero-order chi connectivity index (χ0) is 12.7. The Morgan fingerprint density at radius 2 is 2.06 bits per heavy atom. The predicted molar refractivity (Wildman–Crippen MR) is 71.1 cm³/mol. The van der Waals surface area contributed by atoms with Crippen molar-refractivity contribution in [1.82, 2.24) is 0 Å². The Bertz CT molecular complexity index is 572. The van der Waals surface area contributed by atoms with E-state index in [-0.39, 0.29) is 0 Å². The second-order valence-electron chi connectivity index (χ2n) is 3.59. The maximum atomic E-state index is 8.77. The first kappa shape index (κ1) is 12.6. The molecule has 0 atom stereocenters. The third-order valence-electron chi connectivity index (χ3n) is 1.96. The third-order valence-corrected chi connectivity index (χ3v) is 1.96. The van der Waals surface area contributed by atoms with Gasteiger partial charge < -0.3 is 0 Å². The third kappa shape index (κ3) is 4.24. The fourth-order valence-corrected chi connectivity index (χ4v) is 1.22. The first-order valence-electron chi connectivity index (χ1n) is 5.17. The molecule has 0 fully saturated rings. The van der Waals surface area contributed by atoms with E-state index in [1.54, 1.807) is 18.2 Å². The Labute approximate surface area is 102 Å². The molecule has 0 unspecified atom stereocenters. The molecule has 0 aliphatic rings. The second kappa shape index (κ2) is 6.16. The summed E-state index contributed by atoms with van der Waals surface area (Å²) in [5, 5.41) is 8.77. The highest BCUT2D eigenvalue weighted by Crippen LogP contribution is 2.04. The Kier molecular flexibility index (Phi) is 4.55. The van der Waals surface area contributed by atoms with E-state index in [2.05, 4.69) is 31.1 Å². The standard InChI is InChI=1S/C16H13N/c1-4-14(10-13(2)3)8-9-15-6-5-7-16(11-15)12-17/h4-7,10-11H,1-2H2,3H3. The lowest BCUT2D eigenvalue weighted by Gasteiger charge is -1.92. The minimum atomic E-state index is 0.612. The average Bonchev–Trinajstić information content (AvgIpc) is 2.34. The van der Waals surface area contributed by atoms with Gasteiger partial charge in [0.25, 0.3) is 0 Å². The molecule has 1 nitrogen and oxygen atoms in total. The Hall–Kier alpha value is -2.51. The molecule has 1 rings (SSSR count). The molecule has 82 valence electrons. The van der Waals surface area contributed by atoms with E-state index in [1.807, 2.05) is 25.1 Å². The number of allylic oxidation sites excluding steroid dienone is 4. The lowest BCUT2D eigenvalue weighted by atomic mass is 10.1. The quantitative estimate of drug-likeness (QED) is 0.550. The summed E-state index contributed by atoms with van der Waals surface area (Å²) in [5.41, 5.74) is 3.18. The van der Waals surface area contributed by atoms with Gasteiger partial charge in [0.2, 0.25) is 0 Å². The van der Waals surface area contributed by atoms with Crippen molar-refractivity contribution >= 4 is 0 Å². The molecule has 0 amide bonds. The molecule has 1 aromatic carbocycles. The van der Waals surface area contributed by atoms with Gasteiger partial charge in [0.1, 0.15) is 0 Å². The van der Waals surface area contributed by atoms with Crippen molar-refractivity contribution in [3.8, 4) is 17.9 Å². The van der Waals surface area contributed by atoms with Gasteiger partial charge in [0.15, 0.2) is 0 Å². The van der Waals surface area contributed by atoms with Crippen LogP contribution in [0.2, 0.25) is 0 Å². The van der Waals surface area contributed by atoms with Crippen molar-refractivity contribution < 1.29 is 0 Å². The van der Waals surface area contributed by atoms with Crippen LogP contribution in [-0.2, 0) is 0 Å². The van der Waals surface area contributed by atoms with Crippen LogP contribution in [-0.4, -0.2) is 0 Å². The Balaban J connectivity index is 3.02. The SMILES string of the molecule is C=CC(C#Cc1cccc(C#N)c1)=CC(=C)C. The first-order chi connectivity index (χ1) is 8.15. The van der Waals surface area contributed by atoms with E-state index in [0.717, 1.165) is 16.7 Å². The van der Waals surface area contributed by atoms with Crippen LogP contribution in [0, 0.1) is 23.2 Å². The van der Waals surface area contributed by atoms with Gasteiger partial charge >= 0.3 is 0 Å². The monoisotopic (exact) mass is 219 g/mol. The summed E-state index contributed by atoms with van der Waals surface area (Å²) in [7, 11) is 0. The zero-order valence-corrected chi connectivity index (χ0v) is 9.83. The van der Waals surface area contributed by atoms with Crippen molar-refractivity contribution in [2.24, 2.45) is 0 Å². The number of nitriles is 1. The number of hydrogen-bond acceptors (Lipinski definition) is 1. The molecular formula is C16H13N. The molecule has 1 heteroatoms. The fraction of sp³-hybridized carbons (Fsp3) is 0.0625. The summed E-state index contributed by atoms with van der Waals surface area (Å²) in [6, 6.07) is 9.28. The molecule has 0 bridgehead atoms. The molecule has 0 N–H and O–H groups in total. The van der Waals surface area contributed by atoms with Crippen LogP contribution in [0.3, 0.4) is 0 Å². The van der Waals surface area contributed by atoms with Gasteiger partial charge in [0, 0.05) is 11.1 Å². The molecule has 0 saturated carbocycles. The molecule has 17 heavy (non-hydrogen) atoms. The van der Waals surface area contributed by atoms with Gasteiger partial charge in [-0.3, -0.25) is 0 Å². The Morgan fingerprint density at radius 3 is 2.65 bits per heavy atom. The summed E-state index contributed by atoms with van der Waals surface area (Å²) in [4.78, 5) is 0. The van der Waals surface area contributed by atoms with Gasteiger partial charge in [-0.2, -0.15) is 5.26 Å². The lowest BCUT2D eigenvalue weighted by Crippen LogP contribution is -1.79. The highest BCUT2D eigenvalue weighted by molar-refractivity contribution is 5.48. The minimum absolute atomic E-state index is 0.612. The molecule has 0 heterocycles. The molecule has 0 aliphatic heterocycles. The Morgan fingerprint density at radius 1 is 1.35 bits per heavy atom. The van der Waals surface area contributed by atoms with Crippen LogP contribution in [0.15, 0.2) is 60.7 Å². The maximum Gasteiger partial charge on any atom is 0.0992 e. The van der Waals surface area contributed by atoms with E-state index in [9.17, 15) is 0 Å². The topological polar surface area (TPSA) is 23.8 Å². The predicted octanol–water partition coefficient (Wildman–Crippen LogP) is 3.60. The van der Waals surface area contributed by atoms with E-state index >= 15 is 0 Å². The van der Waals surface area contributed by atoms with Gasteiger partial charge in [-0.05, 0) is 31.2 Å². The van der Waals surface area contributed by atoms with Crippen molar-refractivity contribution in [1.29, 1.82) is 5.26 Å². The van der Waals surface area contributed by atoms with Crippen molar-refractivity contribution in [2.45, 2.75) is 6.92 Å². The molecule has 1 aromatic rings. The number of benzene rings is 1. The summed E-state index contributed by atoms with van der Waals surface area (Å²) in [6.07, 6.45) is 3.56. The molecule has 0 radical (unpaired) electrons. The summed E-state index contributed by atoms with van der Waals surface area (Å²) < 4.78 is 0. The van der Waals surface area contributed by atoms with E-state index in [1.165, 1.54) is 0 Å².